The lowest BCUT2D eigenvalue weighted by Crippen LogP contribution is -2.32. The summed E-state index contributed by atoms with van der Waals surface area (Å²) in [5.41, 5.74) is 4.74. The van der Waals surface area contributed by atoms with Crippen LogP contribution in [0.2, 0.25) is 10.0 Å². The Bertz CT molecular complexity index is 590. The van der Waals surface area contributed by atoms with Crippen molar-refractivity contribution in [2.45, 2.75) is 13.0 Å². The minimum Gasteiger partial charge on any atom is -0.492 e. The molecular formula is C15H16Cl2N2O. The minimum atomic E-state index is -0.146. The van der Waals surface area contributed by atoms with Gasteiger partial charge in [0.1, 0.15) is 12.4 Å². The molecular weight excluding hydrogens is 295 g/mol. The van der Waals surface area contributed by atoms with Crippen molar-refractivity contribution >= 4 is 23.2 Å². The maximum atomic E-state index is 6.13. The summed E-state index contributed by atoms with van der Waals surface area (Å²) in [6.07, 6.45) is 0. The summed E-state index contributed by atoms with van der Waals surface area (Å²) >= 11 is 12.0. The average molecular weight is 311 g/mol. The molecule has 0 saturated heterocycles. The topological polar surface area (TPSA) is 47.3 Å². The molecule has 20 heavy (non-hydrogen) atoms. The van der Waals surface area contributed by atoms with Gasteiger partial charge in [0.15, 0.2) is 0 Å². The average Bonchev–Trinajstić information content (AvgIpc) is 2.43. The van der Waals surface area contributed by atoms with Crippen molar-refractivity contribution < 1.29 is 4.74 Å². The highest BCUT2D eigenvalue weighted by atomic mass is 35.5. The maximum absolute atomic E-state index is 6.13. The second kappa shape index (κ2) is 6.95. The van der Waals surface area contributed by atoms with Crippen LogP contribution in [-0.4, -0.2) is 6.61 Å². The van der Waals surface area contributed by atoms with Crippen LogP contribution in [0.25, 0.3) is 0 Å². The zero-order valence-corrected chi connectivity index (χ0v) is 12.6. The first-order chi connectivity index (χ1) is 9.60. The lowest BCUT2D eigenvalue weighted by molar-refractivity contribution is 0.267. The van der Waals surface area contributed by atoms with Gasteiger partial charge < -0.3 is 4.74 Å². The summed E-state index contributed by atoms with van der Waals surface area (Å²) < 4.78 is 5.69. The molecule has 3 nitrogen and oxygen atoms in total. The van der Waals surface area contributed by atoms with E-state index in [4.69, 9.17) is 33.8 Å². The van der Waals surface area contributed by atoms with Crippen molar-refractivity contribution in [2.24, 2.45) is 5.84 Å². The van der Waals surface area contributed by atoms with Crippen LogP contribution in [0.15, 0.2) is 42.5 Å². The van der Waals surface area contributed by atoms with Gasteiger partial charge in [0, 0.05) is 10.0 Å². The Kier molecular flexibility index (Phi) is 5.26. The smallest absolute Gasteiger partial charge is 0.120 e. The van der Waals surface area contributed by atoms with Crippen LogP contribution in [0.4, 0.5) is 0 Å². The Labute approximate surface area is 128 Å². The Morgan fingerprint density at radius 2 is 2.00 bits per heavy atom. The number of halogens is 2. The molecule has 0 bridgehead atoms. The van der Waals surface area contributed by atoms with Gasteiger partial charge in [-0.1, -0.05) is 41.4 Å². The van der Waals surface area contributed by atoms with Gasteiger partial charge in [-0.3, -0.25) is 5.84 Å². The van der Waals surface area contributed by atoms with E-state index < -0.39 is 0 Å². The van der Waals surface area contributed by atoms with E-state index in [0.717, 1.165) is 11.1 Å². The van der Waals surface area contributed by atoms with E-state index in [9.17, 15) is 0 Å². The number of rotatable bonds is 5. The van der Waals surface area contributed by atoms with Crippen LogP contribution in [-0.2, 0) is 0 Å². The number of hydrazine groups is 1. The van der Waals surface area contributed by atoms with Gasteiger partial charge in [-0.15, -0.1) is 0 Å². The molecule has 0 aromatic heterocycles. The second-order valence-corrected chi connectivity index (χ2v) is 5.34. The number of nitrogens with one attached hydrogen (secondary N) is 1. The Morgan fingerprint density at radius 3 is 2.65 bits per heavy atom. The molecule has 0 aliphatic heterocycles. The Morgan fingerprint density at radius 1 is 1.20 bits per heavy atom. The lowest BCUT2D eigenvalue weighted by atomic mass is 10.1. The predicted octanol–water partition coefficient (Wildman–Crippen LogP) is 3.89. The summed E-state index contributed by atoms with van der Waals surface area (Å²) in [6, 6.07) is 12.9. The minimum absolute atomic E-state index is 0.146. The van der Waals surface area contributed by atoms with E-state index in [-0.39, 0.29) is 6.04 Å². The fraction of sp³-hybridized carbons (Fsp3) is 0.200. The van der Waals surface area contributed by atoms with Gasteiger partial charge in [0.05, 0.1) is 6.04 Å². The number of benzene rings is 2. The highest BCUT2D eigenvalue weighted by molar-refractivity contribution is 6.31. The first kappa shape index (κ1) is 15.1. The fourth-order valence-electron chi connectivity index (χ4n) is 1.80. The van der Waals surface area contributed by atoms with Gasteiger partial charge in [0.2, 0.25) is 0 Å². The molecule has 3 N–H and O–H groups in total. The van der Waals surface area contributed by atoms with Gasteiger partial charge in [-0.2, -0.15) is 0 Å². The molecule has 106 valence electrons. The highest BCUT2D eigenvalue weighted by Crippen LogP contribution is 2.23. The van der Waals surface area contributed by atoms with Crippen molar-refractivity contribution in [3.8, 4) is 5.75 Å². The molecule has 2 aromatic carbocycles. The Balaban J connectivity index is 2.07. The second-order valence-electron chi connectivity index (χ2n) is 4.50. The number of hydrogen-bond donors (Lipinski definition) is 2. The summed E-state index contributed by atoms with van der Waals surface area (Å²) in [6.45, 7) is 2.34. The molecule has 0 radical (unpaired) electrons. The third kappa shape index (κ3) is 3.87. The maximum Gasteiger partial charge on any atom is 0.120 e. The normalized spacial score (nSPS) is 12.2. The molecule has 0 fully saturated rings. The molecule has 5 heteroatoms. The van der Waals surface area contributed by atoms with Gasteiger partial charge >= 0.3 is 0 Å². The molecule has 0 spiro atoms. The Hall–Kier alpha value is -1.26. The van der Waals surface area contributed by atoms with E-state index in [1.165, 1.54) is 0 Å². The van der Waals surface area contributed by atoms with Crippen molar-refractivity contribution in [3.05, 3.63) is 63.6 Å². The van der Waals surface area contributed by atoms with E-state index in [1.54, 1.807) is 12.1 Å². The largest absolute Gasteiger partial charge is 0.492 e. The van der Waals surface area contributed by atoms with Crippen molar-refractivity contribution in [3.63, 3.8) is 0 Å². The van der Waals surface area contributed by atoms with Crippen LogP contribution >= 0.6 is 23.2 Å². The summed E-state index contributed by atoms with van der Waals surface area (Å²) in [5, 5.41) is 1.35. The summed E-state index contributed by atoms with van der Waals surface area (Å²) in [7, 11) is 0. The van der Waals surface area contributed by atoms with Crippen LogP contribution in [0.1, 0.15) is 17.2 Å². The van der Waals surface area contributed by atoms with Gasteiger partial charge in [-0.25, -0.2) is 5.43 Å². The molecule has 0 aliphatic carbocycles. The third-order valence-corrected chi connectivity index (χ3v) is 3.65. The van der Waals surface area contributed by atoms with E-state index in [1.807, 2.05) is 37.3 Å². The standard InChI is InChI=1S/C15H16Cl2N2O/c1-10-5-6-11(7-14(10)17)15(19-18)9-20-13-4-2-3-12(16)8-13/h2-8,15,19H,9,18H2,1H3. The van der Waals surface area contributed by atoms with Gasteiger partial charge in [-0.05, 0) is 42.3 Å². The molecule has 0 amide bonds. The monoisotopic (exact) mass is 310 g/mol. The third-order valence-electron chi connectivity index (χ3n) is 3.01. The molecule has 2 aromatic rings. The van der Waals surface area contributed by atoms with Crippen LogP contribution in [0.3, 0.4) is 0 Å². The van der Waals surface area contributed by atoms with Crippen molar-refractivity contribution in [2.75, 3.05) is 6.61 Å². The van der Waals surface area contributed by atoms with Crippen LogP contribution in [0, 0.1) is 6.92 Å². The number of nitrogens with two attached hydrogens (primary N) is 1. The molecule has 1 atom stereocenters. The molecule has 1 unspecified atom stereocenters. The molecule has 0 aliphatic rings. The van der Waals surface area contributed by atoms with Crippen molar-refractivity contribution in [1.29, 1.82) is 0 Å². The number of aryl methyl sites for hydroxylation is 1. The van der Waals surface area contributed by atoms with E-state index >= 15 is 0 Å². The van der Waals surface area contributed by atoms with E-state index in [2.05, 4.69) is 5.43 Å². The zero-order valence-electron chi connectivity index (χ0n) is 11.1. The quantitative estimate of drug-likeness (QED) is 0.650. The lowest BCUT2D eigenvalue weighted by Gasteiger charge is -2.18. The predicted molar refractivity (Wildman–Crippen MR) is 83.2 cm³/mol. The van der Waals surface area contributed by atoms with Crippen LogP contribution < -0.4 is 16.0 Å². The summed E-state index contributed by atoms with van der Waals surface area (Å²) in [5.74, 6) is 6.29. The molecule has 2 rings (SSSR count). The number of ether oxygens (including phenoxy) is 1. The van der Waals surface area contributed by atoms with Gasteiger partial charge in [0.25, 0.3) is 0 Å². The number of hydrogen-bond acceptors (Lipinski definition) is 3. The zero-order chi connectivity index (χ0) is 14.5. The summed E-state index contributed by atoms with van der Waals surface area (Å²) in [4.78, 5) is 0. The first-order valence-corrected chi connectivity index (χ1v) is 6.96. The highest BCUT2D eigenvalue weighted by Gasteiger charge is 2.12. The molecule has 0 heterocycles. The first-order valence-electron chi connectivity index (χ1n) is 6.20. The van der Waals surface area contributed by atoms with E-state index in [0.29, 0.717) is 22.4 Å². The van der Waals surface area contributed by atoms with Crippen LogP contribution in [0.5, 0.6) is 5.75 Å². The fourth-order valence-corrected chi connectivity index (χ4v) is 2.17. The molecule has 0 saturated carbocycles. The van der Waals surface area contributed by atoms with Crippen molar-refractivity contribution in [1.82, 2.24) is 5.43 Å². The SMILES string of the molecule is Cc1ccc(C(COc2cccc(Cl)c2)NN)cc1Cl.